The van der Waals surface area contributed by atoms with Crippen molar-refractivity contribution in [1.82, 2.24) is 9.62 Å². The normalized spacial score (nSPS) is 28.7. The van der Waals surface area contributed by atoms with Gasteiger partial charge in [-0.3, -0.25) is 9.59 Å². The van der Waals surface area contributed by atoms with Gasteiger partial charge >= 0.3 is 0 Å². The molecule has 2 aromatic carbocycles. The van der Waals surface area contributed by atoms with Crippen LogP contribution in [0.25, 0.3) is 0 Å². The third-order valence-corrected chi connectivity index (χ3v) is 12.7. The van der Waals surface area contributed by atoms with Gasteiger partial charge in [0.05, 0.1) is 23.6 Å². The first-order valence-corrected chi connectivity index (χ1v) is 18.9. The molecule has 254 valence electrons. The van der Waals surface area contributed by atoms with E-state index < -0.39 is 21.2 Å². The summed E-state index contributed by atoms with van der Waals surface area (Å²) in [7, 11) is -3.94. The third kappa shape index (κ3) is 7.81. The van der Waals surface area contributed by atoms with Crippen LogP contribution in [0.2, 0.25) is 5.02 Å². The molecular formula is C36H46ClN3O6S. The summed E-state index contributed by atoms with van der Waals surface area (Å²) in [6, 6.07) is 11.1. The van der Waals surface area contributed by atoms with Gasteiger partial charge in [0, 0.05) is 43.2 Å². The van der Waals surface area contributed by atoms with E-state index in [2.05, 4.69) is 15.7 Å². The van der Waals surface area contributed by atoms with Gasteiger partial charge in [0.1, 0.15) is 12.4 Å². The molecule has 3 aliphatic heterocycles. The van der Waals surface area contributed by atoms with E-state index in [0.29, 0.717) is 49.3 Å². The van der Waals surface area contributed by atoms with Gasteiger partial charge < -0.3 is 19.3 Å². The Kier molecular flexibility index (Phi) is 10.5. The molecule has 2 aromatic rings. The Bertz CT molecular complexity index is 1610. The zero-order valence-electron chi connectivity index (χ0n) is 27.3. The quantitative estimate of drug-likeness (QED) is 0.323. The van der Waals surface area contributed by atoms with E-state index in [-0.39, 0.29) is 29.4 Å². The van der Waals surface area contributed by atoms with Crippen molar-refractivity contribution >= 4 is 39.1 Å². The summed E-state index contributed by atoms with van der Waals surface area (Å²) in [5.74, 6) is 0.591. The lowest BCUT2D eigenvalue weighted by Gasteiger charge is -2.44. The van der Waals surface area contributed by atoms with Crippen LogP contribution in [0.15, 0.2) is 48.6 Å². The SMILES string of the molecule is C[C@@H]1[C@@H](C)C/C=C/[C@H](OCCN2CCC2=O)[C@@H]2CC[C@H]2CN2CCCCc3cc(Cl)ccc3COc3ccc(cc32)C(=O)NS1(=O)=O. The number of allylic oxidation sites excluding steroid dienone is 1. The van der Waals surface area contributed by atoms with Crippen LogP contribution >= 0.6 is 11.6 Å². The number of fused-ring (bicyclic) bond motifs is 3. The maximum Gasteiger partial charge on any atom is 0.264 e. The van der Waals surface area contributed by atoms with E-state index in [1.807, 2.05) is 36.1 Å². The number of β-lactam (4-membered cyclic amide) rings is 1. The number of ether oxygens (including phenoxy) is 2. The molecule has 1 saturated heterocycles. The number of hydrogen-bond acceptors (Lipinski definition) is 7. The average Bonchev–Trinajstić information content (AvgIpc) is 3.06. The van der Waals surface area contributed by atoms with E-state index in [1.54, 1.807) is 25.1 Å². The van der Waals surface area contributed by atoms with Crippen LogP contribution in [0.3, 0.4) is 0 Å². The molecule has 4 aliphatic rings. The molecule has 3 heterocycles. The van der Waals surface area contributed by atoms with Gasteiger partial charge in [0.15, 0.2) is 0 Å². The second-order valence-corrected chi connectivity index (χ2v) is 16.1. The highest BCUT2D eigenvalue weighted by Gasteiger charge is 2.39. The first-order valence-electron chi connectivity index (χ1n) is 17.0. The van der Waals surface area contributed by atoms with Gasteiger partial charge in [-0.05, 0) is 105 Å². The van der Waals surface area contributed by atoms with Crippen LogP contribution in [0.4, 0.5) is 5.69 Å². The fraction of sp³-hybridized carbons (Fsp3) is 0.556. The Labute approximate surface area is 283 Å². The molecule has 47 heavy (non-hydrogen) atoms. The predicted molar refractivity (Wildman–Crippen MR) is 183 cm³/mol. The van der Waals surface area contributed by atoms with E-state index in [0.717, 1.165) is 63.0 Å². The topological polar surface area (TPSA) is 105 Å². The highest BCUT2D eigenvalue weighted by Crippen LogP contribution is 2.42. The van der Waals surface area contributed by atoms with Crippen molar-refractivity contribution in [1.29, 1.82) is 0 Å². The minimum atomic E-state index is -3.94. The molecule has 11 heteroatoms. The van der Waals surface area contributed by atoms with Gasteiger partial charge in [0.25, 0.3) is 5.91 Å². The number of hydrogen-bond donors (Lipinski definition) is 1. The zero-order chi connectivity index (χ0) is 33.1. The van der Waals surface area contributed by atoms with Crippen LogP contribution in [0.1, 0.15) is 73.9 Å². The van der Waals surface area contributed by atoms with E-state index in [1.165, 1.54) is 5.56 Å². The largest absolute Gasteiger partial charge is 0.487 e. The Morgan fingerprint density at radius 1 is 1.02 bits per heavy atom. The number of halogens is 1. The number of likely N-dealkylation sites (tertiary alicyclic amines) is 1. The third-order valence-electron chi connectivity index (χ3n) is 10.6. The maximum absolute atomic E-state index is 13.4. The molecule has 1 aliphatic carbocycles. The van der Waals surface area contributed by atoms with Gasteiger partial charge in [0.2, 0.25) is 15.9 Å². The number of amides is 2. The Morgan fingerprint density at radius 2 is 1.87 bits per heavy atom. The standard InChI is InChI=1S/C36H46ClN3O6S/c1-24-6-5-8-33(45-19-18-39-17-15-35(39)41)31-13-10-28(31)22-40-16-4-3-7-26-20-30(37)12-9-29(26)23-46-34-14-11-27(21-32(34)40)36(42)38-47(43,44)25(24)2/h5,8-9,11-12,14,20-21,24-25,28,31,33H,3-4,6-7,10,13,15-19,22-23H2,1-2H3,(H,38,42)/b8-5+/t24-,25+,28-,31+,33-/m0/s1. The van der Waals surface area contributed by atoms with Gasteiger partial charge in [-0.1, -0.05) is 36.7 Å². The van der Waals surface area contributed by atoms with E-state index >= 15 is 0 Å². The van der Waals surface area contributed by atoms with Crippen LogP contribution in [-0.2, 0) is 32.6 Å². The fourth-order valence-corrected chi connectivity index (χ4v) is 8.52. The molecule has 0 unspecified atom stereocenters. The Balaban J connectivity index is 1.33. The van der Waals surface area contributed by atoms with Crippen molar-refractivity contribution in [2.75, 3.05) is 37.7 Å². The predicted octanol–water partition coefficient (Wildman–Crippen LogP) is 5.75. The summed E-state index contributed by atoms with van der Waals surface area (Å²) >= 11 is 6.35. The lowest BCUT2D eigenvalue weighted by atomic mass is 9.70. The number of rotatable bonds is 4. The number of sulfonamides is 1. The smallest absolute Gasteiger partial charge is 0.264 e. The number of aryl methyl sites for hydroxylation is 1. The minimum absolute atomic E-state index is 0.137. The average molecular weight is 684 g/mol. The molecule has 9 nitrogen and oxygen atoms in total. The second-order valence-electron chi connectivity index (χ2n) is 13.6. The Morgan fingerprint density at radius 3 is 2.62 bits per heavy atom. The summed E-state index contributed by atoms with van der Waals surface area (Å²) in [5, 5.41) is -0.0803. The monoisotopic (exact) mass is 683 g/mol. The summed E-state index contributed by atoms with van der Waals surface area (Å²) in [6.45, 7) is 7.24. The van der Waals surface area contributed by atoms with E-state index in [4.69, 9.17) is 21.1 Å². The highest BCUT2D eigenvalue weighted by molar-refractivity contribution is 7.90. The first-order chi connectivity index (χ1) is 22.6. The van der Waals surface area contributed by atoms with Crippen LogP contribution < -0.4 is 14.4 Å². The van der Waals surface area contributed by atoms with Gasteiger partial charge in [-0.15, -0.1) is 0 Å². The van der Waals surface area contributed by atoms with Gasteiger partial charge in [-0.25, -0.2) is 13.1 Å². The van der Waals surface area contributed by atoms with Crippen molar-refractivity contribution in [3.05, 3.63) is 70.3 Å². The zero-order valence-corrected chi connectivity index (χ0v) is 28.9. The number of nitrogens with one attached hydrogen (secondary N) is 1. The Hall–Kier alpha value is -3.08. The van der Waals surface area contributed by atoms with Crippen molar-refractivity contribution in [3.63, 3.8) is 0 Å². The summed E-state index contributed by atoms with van der Waals surface area (Å²) in [6.07, 6.45) is 10.00. The first kappa shape index (κ1) is 33.8. The molecule has 6 rings (SSSR count). The van der Waals surface area contributed by atoms with Crippen molar-refractivity contribution in [2.45, 2.75) is 76.8 Å². The van der Waals surface area contributed by atoms with Crippen molar-refractivity contribution in [3.8, 4) is 5.75 Å². The molecule has 0 aromatic heterocycles. The molecule has 0 spiro atoms. The van der Waals surface area contributed by atoms with Crippen LogP contribution in [-0.4, -0.2) is 69.3 Å². The molecule has 0 radical (unpaired) electrons. The number of carbonyl (C=O) groups is 2. The maximum atomic E-state index is 13.4. The minimum Gasteiger partial charge on any atom is -0.487 e. The number of anilines is 1. The number of nitrogens with zero attached hydrogens (tertiary/aromatic N) is 2. The van der Waals surface area contributed by atoms with E-state index in [9.17, 15) is 18.0 Å². The lowest BCUT2D eigenvalue weighted by molar-refractivity contribution is -0.141. The second kappa shape index (κ2) is 14.6. The number of carbonyl (C=O) groups excluding carboxylic acids is 2. The molecular weight excluding hydrogens is 638 g/mol. The lowest BCUT2D eigenvalue weighted by Crippen LogP contribution is -2.47. The fourth-order valence-electron chi connectivity index (χ4n) is 7.04. The highest BCUT2D eigenvalue weighted by atomic mass is 35.5. The summed E-state index contributed by atoms with van der Waals surface area (Å²) < 4.78 is 42.0. The number of benzene rings is 2. The molecule has 2 fully saturated rings. The summed E-state index contributed by atoms with van der Waals surface area (Å²) in [4.78, 5) is 29.5. The van der Waals surface area contributed by atoms with Crippen molar-refractivity contribution in [2.24, 2.45) is 17.8 Å². The molecule has 1 saturated carbocycles. The van der Waals surface area contributed by atoms with Crippen molar-refractivity contribution < 1.29 is 27.5 Å². The van der Waals surface area contributed by atoms with Crippen LogP contribution in [0, 0.1) is 17.8 Å². The molecule has 2 amide bonds. The molecule has 5 atom stereocenters. The van der Waals surface area contributed by atoms with Gasteiger partial charge in [-0.2, -0.15) is 0 Å². The van der Waals surface area contributed by atoms with Crippen LogP contribution in [0.5, 0.6) is 5.75 Å². The molecule has 1 N–H and O–H groups in total. The summed E-state index contributed by atoms with van der Waals surface area (Å²) in [5.41, 5.74) is 3.32. The molecule has 2 bridgehead atoms.